The second-order valence-electron chi connectivity index (χ2n) is 6.04. The molecule has 1 fully saturated rings. The fraction of sp³-hybridized carbons (Fsp3) is 0.316. The average Bonchev–Trinajstić information content (AvgIpc) is 3.13. The third kappa shape index (κ3) is 4.84. The molecule has 2 aromatic carbocycles. The van der Waals surface area contributed by atoms with E-state index in [0.717, 1.165) is 24.5 Å². The van der Waals surface area contributed by atoms with Gasteiger partial charge in [0.2, 0.25) is 0 Å². The maximum Gasteiger partial charge on any atom is 0.253 e. The molecule has 6 heteroatoms. The summed E-state index contributed by atoms with van der Waals surface area (Å²) in [6.45, 7) is 1.60. The molecular formula is C19H20F2N2O2. The minimum atomic E-state index is -0.849. The Kier molecular flexibility index (Phi) is 5.73. The largest absolute Gasteiger partial charge is 0.368 e. The molecule has 25 heavy (non-hydrogen) atoms. The number of hydrogen-bond acceptors (Lipinski definition) is 3. The molecule has 132 valence electrons. The first kappa shape index (κ1) is 17.5. The van der Waals surface area contributed by atoms with Gasteiger partial charge in [-0.3, -0.25) is 4.79 Å². The van der Waals surface area contributed by atoms with Gasteiger partial charge in [-0.25, -0.2) is 8.78 Å². The van der Waals surface area contributed by atoms with Crippen molar-refractivity contribution in [3.63, 3.8) is 0 Å². The van der Waals surface area contributed by atoms with E-state index in [1.54, 1.807) is 6.07 Å². The van der Waals surface area contributed by atoms with E-state index in [0.29, 0.717) is 30.9 Å². The molecule has 1 saturated heterocycles. The maximum atomic E-state index is 13.2. The predicted molar refractivity (Wildman–Crippen MR) is 90.9 cm³/mol. The second-order valence-corrected chi connectivity index (χ2v) is 6.04. The van der Waals surface area contributed by atoms with Crippen molar-refractivity contribution in [1.29, 1.82) is 0 Å². The molecule has 1 aliphatic rings. The smallest absolute Gasteiger partial charge is 0.253 e. The Bertz CT molecular complexity index is 746. The lowest BCUT2D eigenvalue weighted by atomic mass is 10.1. The first-order valence-corrected chi connectivity index (χ1v) is 8.28. The van der Waals surface area contributed by atoms with Gasteiger partial charge in [0.05, 0.1) is 0 Å². The normalized spacial score (nSPS) is 16.8. The SMILES string of the molecule is O=C(Nc1cccc(CNCc2ccc(F)c(F)c2)c1)[C@H]1CCCO1. The summed E-state index contributed by atoms with van der Waals surface area (Å²) in [6, 6.07) is 11.3. The highest BCUT2D eigenvalue weighted by Gasteiger charge is 2.23. The third-order valence-corrected chi connectivity index (χ3v) is 4.06. The Morgan fingerprint density at radius 3 is 2.60 bits per heavy atom. The molecule has 1 aliphatic heterocycles. The predicted octanol–water partition coefficient (Wildman–Crippen LogP) is 3.37. The number of rotatable bonds is 6. The molecule has 0 radical (unpaired) electrons. The first-order chi connectivity index (χ1) is 12.1. The van der Waals surface area contributed by atoms with E-state index in [4.69, 9.17) is 4.74 Å². The Labute approximate surface area is 145 Å². The molecule has 1 heterocycles. The zero-order valence-corrected chi connectivity index (χ0v) is 13.7. The van der Waals surface area contributed by atoms with E-state index in [2.05, 4.69) is 10.6 Å². The second kappa shape index (κ2) is 8.18. The highest BCUT2D eigenvalue weighted by molar-refractivity contribution is 5.94. The number of anilines is 1. The van der Waals surface area contributed by atoms with Crippen molar-refractivity contribution in [3.05, 3.63) is 65.2 Å². The van der Waals surface area contributed by atoms with Gasteiger partial charge in [-0.15, -0.1) is 0 Å². The number of carbonyl (C=O) groups excluding carboxylic acids is 1. The lowest BCUT2D eigenvalue weighted by Gasteiger charge is -2.12. The summed E-state index contributed by atoms with van der Waals surface area (Å²) in [5.74, 6) is -1.82. The van der Waals surface area contributed by atoms with Crippen molar-refractivity contribution < 1.29 is 18.3 Å². The summed E-state index contributed by atoms with van der Waals surface area (Å²) < 4.78 is 31.5. The van der Waals surface area contributed by atoms with Crippen molar-refractivity contribution in [2.75, 3.05) is 11.9 Å². The first-order valence-electron chi connectivity index (χ1n) is 8.28. The Balaban J connectivity index is 1.52. The van der Waals surface area contributed by atoms with Crippen LogP contribution in [0.2, 0.25) is 0 Å². The molecule has 2 N–H and O–H groups in total. The Morgan fingerprint density at radius 2 is 1.88 bits per heavy atom. The molecular weight excluding hydrogens is 326 g/mol. The van der Waals surface area contributed by atoms with Crippen LogP contribution >= 0.6 is 0 Å². The number of hydrogen-bond donors (Lipinski definition) is 2. The Morgan fingerprint density at radius 1 is 1.08 bits per heavy atom. The quantitative estimate of drug-likeness (QED) is 0.843. The van der Waals surface area contributed by atoms with Gasteiger partial charge < -0.3 is 15.4 Å². The molecule has 2 aromatic rings. The third-order valence-electron chi connectivity index (χ3n) is 4.06. The van der Waals surface area contributed by atoms with Crippen LogP contribution in [0.4, 0.5) is 14.5 Å². The van der Waals surface area contributed by atoms with Crippen LogP contribution in [0.3, 0.4) is 0 Å². The average molecular weight is 346 g/mol. The van der Waals surface area contributed by atoms with Crippen LogP contribution in [0, 0.1) is 11.6 Å². The number of ether oxygens (including phenoxy) is 1. The Hall–Kier alpha value is -2.31. The zero-order chi connectivity index (χ0) is 17.6. The summed E-state index contributed by atoms with van der Waals surface area (Å²) in [7, 11) is 0. The summed E-state index contributed by atoms with van der Waals surface area (Å²) in [4.78, 5) is 12.1. The van der Waals surface area contributed by atoms with Gasteiger partial charge in [0, 0.05) is 25.4 Å². The van der Waals surface area contributed by atoms with Crippen LogP contribution < -0.4 is 10.6 Å². The van der Waals surface area contributed by atoms with E-state index in [9.17, 15) is 13.6 Å². The fourth-order valence-corrected chi connectivity index (χ4v) is 2.77. The minimum Gasteiger partial charge on any atom is -0.368 e. The number of amides is 1. The fourth-order valence-electron chi connectivity index (χ4n) is 2.77. The monoisotopic (exact) mass is 346 g/mol. The van der Waals surface area contributed by atoms with Crippen molar-refractivity contribution in [2.24, 2.45) is 0 Å². The van der Waals surface area contributed by atoms with Crippen LogP contribution in [0.25, 0.3) is 0 Å². The van der Waals surface area contributed by atoms with Crippen molar-refractivity contribution in [3.8, 4) is 0 Å². The van der Waals surface area contributed by atoms with Crippen molar-refractivity contribution >= 4 is 11.6 Å². The van der Waals surface area contributed by atoms with E-state index in [-0.39, 0.29) is 12.0 Å². The molecule has 0 unspecified atom stereocenters. The van der Waals surface area contributed by atoms with Gasteiger partial charge in [-0.2, -0.15) is 0 Å². The minimum absolute atomic E-state index is 0.121. The number of carbonyl (C=O) groups is 1. The van der Waals surface area contributed by atoms with Gasteiger partial charge in [0.15, 0.2) is 11.6 Å². The van der Waals surface area contributed by atoms with Gasteiger partial charge in [-0.05, 0) is 48.2 Å². The van der Waals surface area contributed by atoms with Crippen molar-refractivity contribution in [2.45, 2.75) is 32.0 Å². The highest BCUT2D eigenvalue weighted by Crippen LogP contribution is 2.16. The van der Waals surface area contributed by atoms with E-state index >= 15 is 0 Å². The molecule has 0 spiro atoms. The number of nitrogens with one attached hydrogen (secondary N) is 2. The van der Waals surface area contributed by atoms with Crippen LogP contribution in [0.15, 0.2) is 42.5 Å². The number of benzene rings is 2. The molecule has 0 bridgehead atoms. The molecule has 4 nitrogen and oxygen atoms in total. The zero-order valence-electron chi connectivity index (χ0n) is 13.7. The maximum absolute atomic E-state index is 13.2. The molecule has 1 amide bonds. The summed E-state index contributed by atoms with van der Waals surface area (Å²) >= 11 is 0. The molecule has 0 saturated carbocycles. The summed E-state index contributed by atoms with van der Waals surface area (Å²) in [5, 5.41) is 6.04. The molecule has 0 aromatic heterocycles. The van der Waals surface area contributed by atoms with Crippen LogP contribution in [0.5, 0.6) is 0 Å². The van der Waals surface area contributed by atoms with Crippen LogP contribution in [0.1, 0.15) is 24.0 Å². The lowest BCUT2D eigenvalue weighted by Crippen LogP contribution is -2.26. The van der Waals surface area contributed by atoms with Crippen molar-refractivity contribution in [1.82, 2.24) is 5.32 Å². The van der Waals surface area contributed by atoms with Crippen LogP contribution in [-0.4, -0.2) is 18.6 Å². The van der Waals surface area contributed by atoms with E-state index in [1.165, 1.54) is 6.07 Å². The molecule has 0 aliphatic carbocycles. The van der Waals surface area contributed by atoms with Gasteiger partial charge in [0.1, 0.15) is 6.10 Å². The van der Waals surface area contributed by atoms with Crippen LogP contribution in [-0.2, 0) is 22.6 Å². The lowest BCUT2D eigenvalue weighted by molar-refractivity contribution is -0.124. The van der Waals surface area contributed by atoms with E-state index < -0.39 is 11.6 Å². The standard InChI is InChI=1S/C19H20F2N2O2/c20-16-7-6-14(10-17(16)21)12-22-11-13-3-1-4-15(9-13)23-19(24)18-5-2-8-25-18/h1,3-4,6-7,9-10,18,22H,2,5,8,11-12H2,(H,23,24)/t18-/m1/s1. The van der Waals surface area contributed by atoms with Gasteiger partial charge in [-0.1, -0.05) is 18.2 Å². The van der Waals surface area contributed by atoms with Gasteiger partial charge in [0.25, 0.3) is 5.91 Å². The van der Waals surface area contributed by atoms with Gasteiger partial charge >= 0.3 is 0 Å². The topological polar surface area (TPSA) is 50.4 Å². The van der Waals surface area contributed by atoms with E-state index in [1.807, 2.05) is 24.3 Å². The highest BCUT2D eigenvalue weighted by atomic mass is 19.2. The summed E-state index contributed by atoms with van der Waals surface area (Å²) in [5.41, 5.74) is 2.36. The summed E-state index contributed by atoms with van der Waals surface area (Å²) in [6.07, 6.45) is 1.29. The number of halogens is 2. The molecule has 1 atom stereocenters. The molecule has 3 rings (SSSR count).